The summed E-state index contributed by atoms with van der Waals surface area (Å²) >= 11 is 7.52. The van der Waals surface area contributed by atoms with Crippen LogP contribution in [0.5, 0.6) is 5.75 Å². The van der Waals surface area contributed by atoms with E-state index in [0.717, 1.165) is 31.8 Å². The van der Waals surface area contributed by atoms with Crippen molar-refractivity contribution >= 4 is 28.8 Å². The summed E-state index contributed by atoms with van der Waals surface area (Å²) in [6, 6.07) is 11.6. The first-order chi connectivity index (χ1) is 10.1. The van der Waals surface area contributed by atoms with Gasteiger partial charge < -0.3 is 10.5 Å². The Balaban J connectivity index is 2.21. The standard InChI is InChI=1S/C15H14ClN3OS/c1-19-15(17)13(9-4-3-5-10(8-9)20-2)14(18-19)11-6-7-12(16)21-11/h3-8H,17H2,1-2H3. The molecule has 3 aromatic rings. The van der Waals surface area contributed by atoms with Crippen LogP contribution in [0.25, 0.3) is 21.7 Å². The van der Waals surface area contributed by atoms with E-state index < -0.39 is 0 Å². The zero-order chi connectivity index (χ0) is 15.0. The second kappa shape index (κ2) is 5.42. The molecule has 4 nitrogen and oxygen atoms in total. The molecule has 0 fully saturated rings. The van der Waals surface area contributed by atoms with Crippen molar-refractivity contribution in [3.63, 3.8) is 0 Å². The number of aryl methyl sites for hydroxylation is 1. The molecular formula is C15H14ClN3OS. The average molecular weight is 320 g/mol. The molecule has 2 heterocycles. The van der Waals surface area contributed by atoms with Crippen LogP contribution < -0.4 is 10.5 Å². The minimum absolute atomic E-state index is 0.614. The van der Waals surface area contributed by atoms with Gasteiger partial charge in [-0.05, 0) is 29.8 Å². The second-order valence-electron chi connectivity index (χ2n) is 4.57. The third-order valence-corrected chi connectivity index (χ3v) is 4.49. The van der Waals surface area contributed by atoms with E-state index in [9.17, 15) is 0 Å². The number of methoxy groups -OCH3 is 1. The molecule has 2 N–H and O–H groups in total. The molecule has 0 bridgehead atoms. The zero-order valence-electron chi connectivity index (χ0n) is 11.6. The number of nitrogen functional groups attached to an aromatic ring is 1. The van der Waals surface area contributed by atoms with E-state index in [-0.39, 0.29) is 0 Å². The molecule has 0 aliphatic heterocycles. The van der Waals surface area contributed by atoms with Crippen LogP contribution in [0.4, 0.5) is 5.82 Å². The van der Waals surface area contributed by atoms with Gasteiger partial charge in [0.15, 0.2) is 0 Å². The summed E-state index contributed by atoms with van der Waals surface area (Å²) in [5, 5.41) is 4.53. The number of hydrogen-bond donors (Lipinski definition) is 1. The molecule has 2 aromatic heterocycles. The van der Waals surface area contributed by atoms with Gasteiger partial charge in [0, 0.05) is 7.05 Å². The van der Waals surface area contributed by atoms with Crippen molar-refractivity contribution < 1.29 is 4.74 Å². The first-order valence-corrected chi connectivity index (χ1v) is 7.52. The van der Waals surface area contributed by atoms with E-state index in [2.05, 4.69) is 5.10 Å². The Hall–Kier alpha value is -1.98. The lowest BCUT2D eigenvalue weighted by atomic mass is 10.0. The molecule has 0 unspecified atom stereocenters. The number of rotatable bonds is 3. The van der Waals surface area contributed by atoms with Gasteiger partial charge in [-0.25, -0.2) is 0 Å². The number of halogens is 1. The van der Waals surface area contributed by atoms with Gasteiger partial charge in [0.2, 0.25) is 0 Å². The summed E-state index contributed by atoms with van der Waals surface area (Å²) < 4.78 is 7.69. The van der Waals surface area contributed by atoms with Crippen LogP contribution in [0.1, 0.15) is 0 Å². The van der Waals surface area contributed by atoms with Gasteiger partial charge in [0.1, 0.15) is 17.3 Å². The molecule has 0 aliphatic carbocycles. The highest BCUT2D eigenvalue weighted by atomic mass is 35.5. The Morgan fingerprint density at radius 2 is 2.10 bits per heavy atom. The van der Waals surface area contributed by atoms with Crippen LogP contribution in [0.15, 0.2) is 36.4 Å². The molecule has 1 aromatic carbocycles. The number of ether oxygens (including phenoxy) is 1. The number of hydrogen-bond acceptors (Lipinski definition) is 4. The normalized spacial score (nSPS) is 10.8. The maximum absolute atomic E-state index is 6.20. The van der Waals surface area contributed by atoms with Gasteiger partial charge in [0.05, 0.1) is 21.9 Å². The van der Waals surface area contributed by atoms with E-state index in [0.29, 0.717) is 5.82 Å². The Bertz CT molecular complexity index is 794. The minimum Gasteiger partial charge on any atom is -0.497 e. The lowest BCUT2D eigenvalue weighted by Crippen LogP contribution is -1.98. The van der Waals surface area contributed by atoms with Gasteiger partial charge in [-0.2, -0.15) is 5.10 Å². The van der Waals surface area contributed by atoms with Gasteiger partial charge in [-0.15, -0.1) is 11.3 Å². The lowest BCUT2D eigenvalue weighted by molar-refractivity contribution is 0.415. The highest BCUT2D eigenvalue weighted by molar-refractivity contribution is 7.19. The third-order valence-electron chi connectivity index (χ3n) is 3.26. The van der Waals surface area contributed by atoms with Crippen molar-refractivity contribution in [3.05, 3.63) is 40.7 Å². The Morgan fingerprint density at radius 3 is 2.76 bits per heavy atom. The molecule has 0 saturated carbocycles. The SMILES string of the molecule is COc1cccc(-c2c(-c3ccc(Cl)s3)nn(C)c2N)c1. The fourth-order valence-corrected chi connectivity index (χ4v) is 3.25. The topological polar surface area (TPSA) is 53.1 Å². The molecule has 0 saturated heterocycles. The predicted octanol–water partition coefficient (Wildman–Crippen LogP) is 4.06. The Morgan fingerprint density at radius 1 is 1.29 bits per heavy atom. The van der Waals surface area contributed by atoms with Crippen molar-refractivity contribution in [2.24, 2.45) is 7.05 Å². The molecule has 3 rings (SSSR count). The summed E-state index contributed by atoms with van der Waals surface area (Å²) in [5.74, 6) is 1.40. The molecule has 0 spiro atoms. The fraction of sp³-hybridized carbons (Fsp3) is 0.133. The van der Waals surface area contributed by atoms with E-state index in [1.807, 2.05) is 43.4 Å². The van der Waals surface area contributed by atoms with Crippen LogP contribution in [-0.2, 0) is 7.05 Å². The molecule has 0 amide bonds. The molecule has 21 heavy (non-hydrogen) atoms. The predicted molar refractivity (Wildman–Crippen MR) is 87.9 cm³/mol. The van der Waals surface area contributed by atoms with Crippen LogP contribution in [-0.4, -0.2) is 16.9 Å². The Kier molecular flexibility index (Phi) is 3.61. The second-order valence-corrected chi connectivity index (χ2v) is 6.28. The summed E-state index contributed by atoms with van der Waals surface area (Å²) in [5.41, 5.74) is 8.91. The number of nitrogens with two attached hydrogens (primary N) is 1. The molecule has 108 valence electrons. The van der Waals surface area contributed by atoms with Crippen molar-refractivity contribution in [1.82, 2.24) is 9.78 Å². The molecule has 0 atom stereocenters. The minimum atomic E-state index is 0.614. The molecule has 6 heteroatoms. The van der Waals surface area contributed by atoms with Crippen molar-refractivity contribution in [2.75, 3.05) is 12.8 Å². The van der Waals surface area contributed by atoms with E-state index >= 15 is 0 Å². The largest absolute Gasteiger partial charge is 0.497 e. The molecule has 0 aliphatic rings. The van der Waals surface area contributed by atoms with Gasteiger partial charge in [0.25, 0.3) is 0 Å². The smallest absolute Gasteiger partial charge is 0.129 e. The summed E-state index contributed by atoms with van der Waals surface area (Å²) in [7, 11) is 3.48. The van der Waals surface area contributed by atoms with Gasteiger partial charge >= 0.3 is 0 Å². The van der Waals surface area contributed by atoms with Crippen LogP contribution in [0.2, 0.25) is 4.34 Å². The quantitative estimate of drug-likeness (QED) is 0.792. The maximum Gasteiger partial charge on any atom is 0.129 e. The summed E-state index contributed by atoms with van der Waals surface area (Å²) in [6.45, 7) is 0. The highest BCUT2D eigenvalue weighted by Crippen LogP contribution is 2.40. The number of nitrogens with zero attached hydrogens (tertiary/aromatic N) is 2. The molecule has 0 radical (unpaired) electrons. The van der Waals surface area contributed by atoms with Crippen LogP contribution >= 0.6 is 22.9 Å². The number of aromatic nitrogens is 2. The zero-order valence-corrected chi connectivity index (χ0v) is 13.2. The molecular weight excluding hydrogens is 306 g/mol. The monoisotopic (exact) mass is 319 g/mol. The van der Waals surface area contributed by atoms with Crippen molar-refractivity contribution in [2.45, 2.75) is 0 Å². The maximum atomic E-state index is 6.20. The first kappa shape index (κ1) is 14.0. The van der Waals surface area contributed by atoms with Crippen LogP contribution in [0, 0.1) is 0 Å². The first-order valence-electron chi connectivity index (χ1n) is 6.32. The highest BCUT2D eigenvalue weighted by Gasteiger charge is 2.19. The van der Waals surface area contributed by atoms with E-state index in [1.54, 1.807) is 11.8 Å². The average Bonchev–Trinajstić information content (AvgIpc) is 3.04. The summed E-state index contributed by atoms with van der Waals surface area (Å²) in [6.07, 6.45) is 0. The number of benzene rings is 1. The van der Waals surface area contributed by atoms with Gasteiger partial charge in [-0.3, -0.25) is 4.68 Å². The number of anilines is 1. The van der Waals surface area contributed by atoms with Crippen molar-refractivity contribution in [1.29, 1.82) is 0 Å². The van der Waals surface area contributed by atoms with Crippen LogP contribution in [0.3, 0.4) is 0 Å². The van der Waals surface area contributed by atoms with Crippen molar-refractivity contribution in [3.8, 4) is 27.4 Å². The van der Waals surface area contributed by atoms with Gasteiger partial charge in [-0.1, -0.05) is 23.7 Å². The summed E-state index contributed by atoms with van der Waals surface area (Å²) in [4.78, 5) is 0.991. The third kappa shape index (κ3) is 2.50. The van der Waals surface area contributed by atoms with E-state index in [4.69, 9.17) is 22.1 Å². The fourth-order valence-electron chi connectivity index (χ4n) is 2.21. The lowest BCUT2D eigenvalue weighted by Gasteiger charge is -2.05. The Labute approximate surface area is 131 Å². The van der Waals surface area contributed by atoms with E-state index in [1.165, 1.54) is 11.3 Å². The number of thiophene rings is 1.